The minimum Gasteiger partial charge on any atom is -0.337 e. The molecule has 0 saturated carbocycles. The summed E-state index contributed by atoms with van der Waals surface area (Å²) in [4.78, 5) is 22.8. The van der Waals surface area contributed by atoms with E-state index in [1.807, 2.05) is 0 Å². The van der Waals surface area contributed by atoms with Crippen LogP contribution in [0.3, 0.4) is 0 Å². The second-order valence-electron chi connectivity index (χ2n) is 4.05. The molecule has 0 unspecified atom stereocenters. The van der Waals surface area contributed by atoms with Crippen molar-refractivity contribution in [1.82, 2.24) is 10.2 Å². The zero-order chi connectivity index (χ0) is 11.9. The third kappa shape index (κ3) is 2.60. The van der Waals surface area contributed by atoms with Gasteiger partial charge >= 0.3 is 12.2 Å². The highest BCUT2D eigenvalue weighted by Crippen LogP contribution is 2.25. The number of rotatable bonds is 1. The lowest BCUT2D eigenvalue weighted by molar-refractivity contribution is -0.162. The van der Waals surface area contributed by atoms with Crippen LogP contribution in [0.25, 0.3) is 0 Å². The third-order valence-corrected chi connectivity index (χ3v) is 2.09. The first kappa shape index (κ1) is 11.8. The molecule has 7 heteroatoms. The molecule has 1 saturated heterocycles. The fourth-order valence-electron chi connectivity index (χ4n) is 1.25. The number of alkyl halides is 3. The van der Waals surface area contributed by atoms with Crippen molar-refractivity contribution in [2.24, 2.45) is 5.41 Å². The van der Waals surface area contributed by atoms with Gasteiger partial charge < -0.3 is 5.32 Å². The Kier molecular flexibility index (Phi) is 2.67. The standard InChI is InChI=1S/C8H11F3N2O2/c1-7(2)3-12-6(15)13(5(7)14)4-8(9,10)11/h3-4H2,1-2H3,(H,12,15). The number of carbonyl (C=O) groups is 2. The van der Waals surface area contributed by atoms with Crippen molar-refractivity contribution < 1.29 is 22.8 Å². The number of nitrogens with one attached hydrogen (secondary N) is 1. The van der Waals surface area contributed by atoms with E-state index in [0.717, 1.165) is 0 Å². The van der Waals surface area contributed by atoms with Crippen molar-refractivity contribution in [3.63, 3.8) is 0 Å². The molecule has 0 atom stereocenters. The quantitative estimate of drug-likeness (QED) is 0.725. The van der Waals surface area contributed by atoms with Crippen molar-refractivity contribution in [2.45, 2.75) is 20.0 Å². The fourth-order valence-corrected chi connectivity index (χ4v) is 1.25. The molecule has 15 heavy (non-hydrogen) atoms. The second kappa shape index (κ2) is 3.39. The van der Waals surface area contributed by atoms with Gasteiger partial charge in [0, 0.05) is 6.54 Å². The molecular formula is C8H11F3N2O2. The van der Waals surface area contributed by atoms with E-state index >= 15 is 0 Å². The van der Waals surface area contributed by atoms with E-state index < -0.39 is 30.1 Å². The first-order chi connectivity index (χ1) is 6.63. The van der Waals surface area contributed by atoms with Gasteiger partial charge in [0.1, 0.15) is 6.54 Å². The molecule has 0 aromatic carbocycles. The number of nitrogens with zero attached hydrogens (tertiary/aromatic N) is 1. The van der Waals surface area contributed by atoms with E-state index in [-0.39, 0.29) is 11.4 Å². The predicted molar refractivity (Wildman–Crippen MR) is 44.9 cm³/mol. The second-order valence-corrected chi connectivity index (χ2v) is 4.05. The van der Waals surface area contributed by atoms with Crippen molar-refractivity contribution in [3.8, 4) is 0 Å². The number of urea groups is 1. The van der Waals surface area contributed by atoms with Crippen molar-refractivity contribution in [2.75, 3.05) is 13.1 Å². The molecule has 0 aromatic heterocycles. The van der Waals surface area contributed by atoms with Gasteiger partial charge in [0.2, 0.25) is 5.91 Å². The lowest BCUT2D eigenvalue weighted by atomic mass is 9.90. The molecule has 1 aliphatic rings. The van der Waals surface area contributed by atoms with E-state index in [1.165, 1.54) is 13.8 Å². The molecule has 4 nitrogen and oxygen atoms in total. The monoisotopic (exact) mass is 224 g/mol. The molecule has 1 rings (SSSR count). The average molecular weight is 224 g/mol. The summed E-state index contributed by atoms with van der Waals surface area (Å²) in [6, 6.07) is -0.989. The highest BCUT2D eigenvalue weighted by molar-refractivity contribution is 5.99. The molecule has 3 amide bonds. The van der Waals surface area contributed by atoms with Gasteiger partial charge in [-0.1, -0.05) is 0 Å². The smallest absolute Gasteiger partial charge is 0.337 e. The molecule has 0 spiro atoms. The summed E-state index contributed by atoms with van der Waals surface area (Å²) >= 11 is 0. The van der Waals surface area contributed by atoms with Crippen LogP contribution in [0.4, 0.5) is 18.0 Å². The lowest BCUT2D eigenvalue weighted by Crippen LogP contribution is -2.60. The number of hydrogen-bond acceptors (Lipinski definition) is 2. The van der Waals surface area contributed by atoms with Crippen LogP contribution < -0.4 is 5.32 Å². The fraction of sp³-hybridized carbons (Fsp3) is 0.750. The molecule has 86 valence electrons. The summed E-state index contributed by atoms with van der Waals surface area (Å²) < 4.78 is 36.2. The van der Waals surface area contributed by atoms with Crippen molar-refractivity contribution in [3.05, 3.63) is 0 Å². The molecule has 1 N–H and O–H groups in total. The summed E-state index contributed by atoms with van der Waals surface area (Å²) in [6.07, 6.45) is -4.57. The summed E-state index contributed by atoms with van der Waals surface area (Å²) in [5, 5.41) is 2.24. The number of amides is 3. The zero-order valence-electron chi connectivity index (χ0n) is 8.31. The normalized spacial score (nSPS) is 21.5. The number of carbonyl (C=O) groups excluding carboxylic acids is 2. The van der Waals surface area contributed by atoms with Crippen LogP contribution in [0.15, 0.2) is 0 Å². The van der Waals surface area contributed by atoms with Crippen LogP contribution >= 0.6 is 0 Å². The molecule has 1 aliphatic heterocycles. The van der Waals surface area contributed by atoms with Gasteiger partial charge in [-0.15, -0.1) is 0 Å². The Morgan fingerprint density at radius 1 is 1.40 bits per heavy atom. The molecule has 0 radical (unpaired) electrons. The predicted octanol–water partition coefficient (Wildman–Crippen LogP) is 1.13. The van der Waals surface area contributed by atoms with E-state index in [2.05, 4.69) is 5.32 Å². The SMILES string of the molecule is CC1(C)CNC(=O)N(CC(F)(F)F)C1=O. The summed E-state index contributed by atoms with van der Waals surface area (Å²) in [5.41, 5.74) is -0.987. The van der Waals surface area contributed by atoms with E-state index in [0.29, 0.717) is 0 Å². The van der Waals surface area contributed by atoms with E-state index in [1.54, 1.807) is 0 Å². The molecule has 0 aliphatic carbocycles. The van der Waals surface area contributed by atoms with Crippen molar-refractivity contribution in [1.29, 1.82) is 0 Å². The van der Waals surface area contributed by atoms with Gasteiger partial charge in [-0.05, 0) is 13.8 Å². The van der Waals surface area contributed by atoms with Gasteiger partial charge in [-0.2, -0.15) is 13.2 Å². The van der Waals surface area contributed by atoms with Gasteiger partial charge in [-0.3, -0.25) is 9.69 Å². The largest absolute Gasteiger partial charge is 0.406 e. The number of imide groups is 1. The van der Waals surface area contributed by atoms with Crippen LogP contribution in [-0.2, 0) is 4.79 Å². The Labute approximate surface area is 84.4 Å². The first-order valence-corrected chi connectivity index (χ1v) is 4.30. The lowest BCUT2D eigenvalue weighted by Gasteiger charge is -2.36. The number of halogens is 3. The number of hydrogen-bond donors (Lipinski definition) is 1. The average Bonchev–Trinajstić information content (AvgIpc) is 2.05. The maximum absolute atomic E-state index is 12.1. The minimum atomic E-state index is -4.57. The molecular weight excluding hydrogens is 213 g/mol. The van der Waals surface area contributed by atoms with E-state index in [4.69, 9.17) is 0 Å². The topological polar surface area (TPSA) is 49.4 Å². The molecule has 1 fully saturated rings. The summed E-state index contributed by atoms with van der Waals surface area (Å²) in [6.45, 7) is 1.48. The van der Waals surface area contributed by atoms with Gasteiger partial charge in [0.05, 0.1) is 5.41 Å². The highest BCUT2D eigenvalue weighted by atomic mass is 19.4. The zero-order valence-corrected chi connectivity index (χ0v) is 8.31. The maximum Gasteiger partial charge on any atom is 0.406 e. The first-order valence-electron chi connectivity index (χ1n) is 4.30. The van der Waals surface area contributed by atoms with Crippen LogP contribution in [0.1, 0.15) is 13.8 Å². The van der Waals surface area contributed by atoms with E-state index in [9.17, 15) is 22.8 Å². The molecule has 0 bridgehead atoms. The van der Waals surface area contributed by atoms with Crippen LogP contribution in [0.5, 0.6) is 0 Å². The van der Waals surface area contributed by atoms with Crippen molar-refractivity contribution >= 4 is 11.9 Å². The summed E-state index contributed by atoms with van der Waals surface area (Å²) in [5.74, 6) is -0.802. The Morgan fingerprint density at radius 2 is 1.93 bits per heavy atom. The third-order valence-electron chi connectivity index (χ3n) is 2.09. The van der Waals surface area contributed by atoms with Gasteiger partial charge in [-0.25, -0.2) is 4.79 Å². The highest BCUT2D eigenvalue weighted by Gasteiger charge is 2.44. The Morgan fingerprint density at radius 3 is 2.40 bits per heavy atom. The van der Waals surface area contributed by atoms with Gasteiger partial charge in [0.25, 0.3) is 0 Å². The molecule has 1 heterocycles. The van der Waals surface area contributed by atoms with Crippen LogP contribution in [0.2, 0.25) is 0 Å². The van der Waals surface area contributed by atoms with Gasteiger partial charge in [0.15, 0.2) is 0 Å². The van der Waals surface area contributed by atoms with Crippen LogP contribution in [0, 0.1) is 5.41 Å². The molecule has 0 aromatic rings. The summed E-state index contributed by atoms with van der Waals surface area (Å²) in [7, 11) is 0. The van der Waals surface area contributed by atoms with Crippen LogP contribution in [-0.4, -0.2) is 36.1 Å². The maximum atomic E-state index is 12.1. The Hall–Kier alpha value is -1.27. The Balaban J connectivity index is 2.85. The minimum absolute atomic E-state index is 0.0546. The Bertz CT molecular complexity index is 299.